The summed E-state index contributed by atoms with van der Waals surface area (Å²) < 4.78 is 5.45. The molecule has 100 valence electrons. The van der Waals surface area contributed by atoms with Crippen molar-refractivity contribution in [1.29, 1.82) is 0 Å². The van der Waals surface area contributed by atoms with Gasteiger partial charge in [0.15, 0.2) is 0 Å². The first kappa shape index (κ1) is 12.8. The predicted molar refractivity (Wildman–Crippen MR) is 80.2 cm³/mol. The third-order valence-electron chi connectivity index (χ3n) is 3.26. The van der Waals surface area contributed by atoms with Gasteiger partial charge < -0.3 is 10.1 Å². The maximum Gasteiger partial charge on any atom is 0.225 e. The van der Waals surface area contributed by atoms with Gasteiger partial charge in [0.05, 0.1) is 5.69 Å². The number of anilines is 1. The summed E-state index contributed by atoms with van der Waals surface area (Å²) >= 11 is 1.67. The average molecular weight is 283 g/mol. The van der Waals surface area contributed by atoms with E-state index in [0.29, 0.717) is 6.42 Å². The Morgan fingerprint density at radius 1 is 1.45 bits per heavy atom. The summed E-state index contributed by atoms with van der Waals surface area (Å²) in [5, 5.41) is 4.90. The number of rotatable bonds is 3. The fourth-order valence-electron chi connectivity index (χ4n) is 2.39. The fourth-order valence-corrected chi connectivity index (χ4v) is 3.37. The fraction of sp³-hybridized carbons (Fsp3) is 0.188. The van der Waals surface area contributed by atoms with E-state index in [4.69, 9.17) is 11.2 Å². The van der Waals surface area contributed by atoms with E-state index in [1.54, 1.807) is 11.3 Å². The Morgan fingerprint density at radius 2 is 2.35 bits per heavy atom. The minimum Gasteiger partial charge on any atom is -0.481 e. The van der Waals surface area contributed by atoms with Gasteiger partial charge in [-0.25, -0.2) is 0 Å². The second-order valence-electron chi connectivity index (χ2n) is 4.57. The van der Waals surface area contributed by atoms with Crippen molar-refractivity contribution in [2.75, 3.05) is 11.9 Å². The zero-order valence-electron chi connectivity index (χ0n) is 10.8. The van der Waals surface area contributed by atoms with Crippen LogP contribution in [0.15, 0.2) is 35.7 Å². The summed E-state index contributed by atoms with van der Waals surface area (Å²) in [6.07, 6.45) is 5.66. The standard InChI is InChI=1S/C16H13NO2S/c1-2-7-19-12-5-3-4-11(9-12)13-10-15(18)17-14-6-8-20-16(13)14/h1,3-6,8-9,13H,7,10H2,(H,17,18). The minimum absolute atomic E-state index is 0.0517. The predicted octanol–water partition coefficient (Wildman–Crippen LogP) is 3.23. The number of amides is 1. The van der Waals surface area contributed by atoms with Crippen LogP contribution in [0.5, 0.6) is 5.75 Å². The van der Waals surface area contributed by atoms with Gasteiger partial charge >= 0.3 is 0 Å². The molecule has 1 atom stereocenters. The molecule has 1 aromatic carbocycles. The molecule has 0 saturated carbocycles. The Bertz CT molecular complexity index is 684. The molecule has 0 fully saturated rings. The summed E-state index contributed by atoms with van der Waals surface area (Å²) in [7, 11) is 0. The molecule has 0 bridgehead atoms. The van der Waals surface area contributed by atoms with Gasteiger partial charge in [0, 0.05) is 17.2 Å². The average Bonchev–Trinajstić information content (AvgIpc) is 2.92. The van der Waals surface area contributed by atoms with Crippen LogP contribution in [0.1, 0.15) is 22.8 Å². The molecule has 3 nitrogen and oxygen atoms in total. The number of hydrogen-bond acceptors (Lipinski definition) is 3. The molecule has 1 aliphatic heterocycles. The Labute approximate surface area is 121 Å². The van der Waals surface area contributed by atoms with E-state index in [9.17, 15) is 4.79 Å². The zero-order valence-corrected chi connectivity index (χ0v) is 11.6. The highest BCUT2D eigenvalue weighted by Gasteiger charge is 2.27. The molecule has 0 aliphatic carbocycles. The maximum absolute atomic E-state index is 11.8. The third-order valence-corrected chi connectivity index (χ3v) is 4.29. The number of fused-ring (bicyclic) bond motifs is 1. The van der Waals surface area contributed by atoms with Gasteiger partial charge in [-0.3, -0.25) is 4.79 Å². The van der Waals surface area contributed by atoms with Crippen molar-refractivity contribution in [3.8, 4) is 18.1 Å². The molecule has 0 spiro atoms. The van der Waals surface area contributed by atoms with Crippen LogP contribution < -0.4 is 10.1 Å². The molecule has 4 heteroatoms. The second kappa shape index (κ2) is 5.40. The molecule has 1 N–H and O–H groups in total. The van der Waals surface area contributed by atoms with Crippen LogP contribution in [0.3, 0.4) is 0 Å². The normalized spacial score (nSPS) is 16.9. The first-order chi connectivity index (χ1) is 9.78. The van der Waals surface area contributed by atoms with Crippen molar-refractivity contribution in [3.05, 3.63) is 46.2 Å². The van der Waals surface area contributed by atoms with Crippen molar-refractivity contribution in [1.82, 2.24) is 0 Å². The van der Waals surface area contributed by atoms with Gasteiger partial charge in [0.1, 0.15) is 12.4 Å². The summed E-state index contributed by atoms with van der Waals surface area (Å²) in [4.78, 5) is 13.0. The minimum atomic E-state index is 0.0517. The third kappa shape index (κ3) is 2.40. The molecule has 0 radical (unpaired) electrons. The van der Waals surface area contributed by atoms with Crippen molar-refractivity contribution >= 4 is 22.9 Å². The SMILES string of the molecule is C#CCOc1cccc(C2CC(=O)Nc3ccsc32)c1. The highest BCUT2D eigenvalue weighted by atomic mass is 32.1. The first-order valence-corrected chi connectivity index (χ1v) is 7.19. The summed E-state index contributed by atoms with van der Waals surface area (Å²) in [5.41, 5.74) is 2.00. The number of carbonyl (C=O) groups excluding carboxylic acids is 1. The number of carbonyl (C=O) groups is 1. The second-order valence-corrected chi connectivity index (χ2v) is 5.52. The quantitative estimate of drug-likeness (QED) is 0.878. The zero-order chi connectivity index (χ0) is 13.9. The van der Waals surface area contributed by atoms with Crippen LogP contribution in [0.25, 0.3) is 0 Å². The molecule has 20 heavy (non-hydrogen) atoms. The van der Waals surface area contributed by atoms with Crippen molar-refractivity contribution in [2.24, 2.45) is 0 Å². The topological polar surface area (TPSA) is 38.3 Å². The Morgan fingerprint density at radius 3 is 3.20 bits per heavy atom. The van der Waals surface area contributed by atoms with Crippen LogP contribution >= 0.6 is 11.3 Å². The van der Waals surface area contributed by atoms with E-state index in [1.807, 2.05) is 35.7 Å². The van der Waals surface area contributed by atoms with Gasteiger partial charge in [0.2, 0.25) is 5.91 Å². The molecule has 2 heterocycles. The van der Waals surface area contributed by atoms with E-state index in [1.165, 1.54) is 4.88 Å². The van der Waals surface area contributed by atoms with Gasteiger partial charge in [0.25, 0.3) is 0 Å². The smallest absolute Gasteiger partial charge is 0.225 e. The molecular formula is C16H13NO2S. The summed E-state index contributed by atoms with van der Waals surface area (Å²) in [6.45, 7) is 0.249. The lowest BCUT2D eigenvalue weighted by Gasteiger charge is -2.23. The van der Waals surface area contributed by atoms with Crippen LogP contribution in [0.4, 0.5) is 5.69 Å². The highest BCUT2D eigenvalue weighted by molar-refractivity contribution is 7.10. The molecule has 3 rings (SSSR count). The molecular weight excluding hydrogens is 270 g/mol. The van der Waals surface area contributed by atoms with Gasteiger partial charge in [-0.2, -0.15) is 0 Å². The van der Waals surface area contributed by atoms with Gasteiger partial charge in [-0.15, -0.1) is 17.8 Å². The number of hydrogen-bond donors (Lipinski definition) is 1. The molecule has 1 aromatic heterocycles. The number of thiophene rings is 1. The Kier molecular flexibility index (Phi) is 3.44. The van der Waals surface area contributed by atoms with Crippen LogP contribution in [-0.2, 0) is 4.79 Å². The molecule has 2 aromatic rings. The highest BCUT2D eigenvalue weighted by Crippen LogP contribution is 2.41. The monoisotopic (exact) mass is 283 g/mol. The van der Waals surface area contributed by atoms with Gasteiger partial charge in [-0.05, 0) is 29.1 Å². The maximum atomic E-state index is 11.8. The molecule has 0 saturated heterocycles. The van der Waals surface area contributed by atoms with Gasteiger partial charge in [-0.1, -0.05) is 18.1 Å². The molecule has 1 aliphatic rings. The number of terminal acetylenes is 1. The van der Waals surface area contributed by atoms with Crippen molar-refractivity contribution in [3.63, 3.8) is 0 Å². The summed E-state index contributed by atoms with van der Waals surface area (Å²) in [6, 6.07) is 9.74. The number of ether oxygens (including phenoxy) is 1. The van der Waals surface area contributed by atoms with Crippen LogP contribution in [-0.4, -0.2) is 12.5 Å². The molecule has 1 unspecified atom stereocenters. The lowest BCUT2D eigenvalue weighted by atomic mass is 9.90. The van der Waals surface area contributed by atoms with Crippen molar-refractivity contribution < 1.29 is 9.53 Å². The van der Waals surface area contributed by atoms with E-state index in [2.05, 4.69) is 11.2 Å². The number of benzene rings is 1. The van der Waals surface area contributed by atoms with Crippen LogP contribution in [0, 0.1) is 12.3 Å². The van der Waals surface area contributed by atoms with E-state index < -0.39 is 0 Å². The van der Waals surface area contributed by atoms with E-state index in [0.717, 1.165) is 17.0 Å². The van der Waals surface area contributed by atoms with E-state index >= 15 is 0 Å². The van der Waals surface area contributed by atoms with Crippen molar-refractivity contribution in [2.45, 2.75) is 12.3 Å². The number of nitrogens with one attached hydrogen (secondary N) is 1. The lowest BCUT2D eigenvalue weighted by Crippen LogP contribution is -2.21. The van der Waals surface area contributed by atoms with Crippen LogP contribution in [0.2, 0.25) is 0 Å². The lowest BCUT2D eigenvalue weighted by molar-refractivity contribution is -0.116. The largest absolute Gasteiger partial charge is 0.481 e. The molecule has 1 amide bonds. The summed E-state index contributed by atoms with van der Waals surface area (Å²) in [5.74, 6) is 3.33. The first-order valence-electron chi connectivity index (χ1n) is 6.31. The Hall–Kier alpha value is -2.25. The van der Waals surface area contributed by atoms with E-state index in [-0.39, 0.29) is 18.4 Å². The Balaban J connectivity index is 1.94.